The van der Waals surface area contributed by atoms with Gasteiger partial charge in [0, 0.05) is 17.0 Å². The lowest BCUT2D eigenvalue weighted by Gasteiger charge is -2.23. The van der Waals surface area contributed by atoms with Crippen LogP contribution >= 0.6 is 11.6 Å². The molecule has 6 nitrogen and oxygen atoms in total. The van der Waals surface area contributed by atoms with E-state index in [-0.39, 0.29) is 0 Å². The van der Waals surface area contributed by atoms with Crippen LogP contribution < -0.4 is 14.6 Å². The molecule has 0 atom stereocenters. The Bertz CT molecular complexity index is 1350. The van der Waals surface area contributed by atoms with E-state index in [0.29, 0.717) is 12.0 Å². The number of hydrogen-bond donors (Lipinski definition) is 3. The molecular weight excluding hydrogens is 434 g/mol. The van der Waals surface area contributed by atoms with Crippen LogP contribution in [0.1, 0.15) is 22.3 Å². The number of imidazole rings is 1. The number of H-pyrrole nitrogens is 1. The molecule has 0 bridgehead atoms. The first-order chi connectivity index (χ1) is 16.2. The van der Waals surface area contributed by atoms with Gasteiger partial charge in [-0.15, -0.1) is 0 Å². The first-order valence-electron chi connectivity index (χ1n) is 11.4. The number of rotatable bonds is 6. The second-order valence-electron chi connectivity index (χ2n) is 8.57. The third-order valence-electron chi connectivity index (χ3n) is 6.60. The Hall–Kier alpha value is -3.11. The third kappa shape index (κ3) is 4.16. The average Bonchev–Trinajstić information content (AvgIpc) is 3.22. The Kier molecular flexibility index (Phi) is 6.19. The molecule has 1 fully saturated rings. The van der Waals surface area contributed by atoms with Crippen LogP contribution in [0.3, 0.4) is 0 Å². The van der Waals surface area contributed by atoms with Gasteiger partial charge in [-0.05, 0) is 36.2 Å². The minimum absolute atomic E-state index is 0.648. The van der Waals surface area contributed by atoms with Crippen LogP contribution in [-0.2, 0) is 11.2 Å². The molecule has 0 amide bonds. The molecule has 2 aromatic heterocycles. The van der Waals surface area contributed by atoms with Gasteiger partial charge in [-0.3, -0.25) is 10.3 Å². The van der Waals surface area contributed by atoms with Crippen LogP contribution in [-0.4, -0.2) is 44.4 Å². The molecule has 1 aliphatic rings. The highest BCUT2D eigenvalue weighted by atomic mass is 35.5. The van der Waals surface area contributed by atoms with Gasteiger partial charge in [0.1, 0.15) is 48.8 Å². The number of anilines is 1. The molecule has 7 heteroatoms. The molecule has 5 rings (SSSR count). The normalized spacial score (nSPS) is 14.6. The second kappa shape index (κ2) is 9.40. The molecule has 1 saturated heterocycles. The van der Waals surface area contributed by atoms with E-state index < -0.39 is 0 Å². The van der Waals surface area contributed by atoms with Crippen molar-refractivity contribution in [3.8, 4) is 6.07 Å². The van der Waals surface area contributed by atoms with Gasteiger partial charge in [-0.1, -0.05) is 41.9 Å². The van der Waals surface area contributed by atoms with Crippen molar-refractivity contribution in [3.63, 3.8) is 0 Å². The number of fused-ring (bicyclic) bond motifs is 3. The lowest BCUT2D eigenvalue weighted by Crippen LogP contribution is -3.14. The minimum Gasteiger partial charge on any atom is -0.370 e. The fourth-order valence-corrected chi connectivity index (χ4v) is 4.97. The predicted molar refractivity (Wildman–Crippen MR) is 130 cm³/mol. The molecule has 0 aliphatic carbocycles. The lowest BCUT2D eigenvalue weighted by molar-refractivity contribution is -0.906. The van der Waals surface area contributed by atoms with E-state index in [4.69, 9.17) is 16.3 Å². The van der Waals surface area contributed by atoms with E-state index in [1.54, 1.807) is 4.90 Å². The van der Waals surface area contributed by atoms with Crippen molar-refractivity contribution < 1.29 is 14.0 Å². The van der Waals surface area contributed by atoms with Crippen molar-refractivity contribution in [2.24, 2.45) is 0 Å². The van der Waals surface area contributed by atoms with Crippen LogP contribution in [0.25, 0.3) is 16.7 Å². The number of pyridine rings is 1. The van der Waals surface area contributed by atoms with Gasteiger partial charge in [-0.25, -0.2) is 0 Å². The van der Waals surface area contributed by atoms with E-state index in [1.165, 1.54) is 0 Å². The van der Waals surface area contributed by atoms with E-state index >= 15 is 0 Å². The van der Waals surface area contributed by atoms with Crippen LogP contribution in [0.4, 0.5) is 5.82 Å². The SMILES string of the molecule is Cc1c(Cc2ccccc2Cl)c(NCC[NH+]2CCOCC2)[n+]2c([nH]c3ccccc32)c1C#N. The summed E-state index contributed by atoms with van der Waals surface area (Å²) in [4.78, 5) is 5.02. The largest absolute Gasteiger partial charge is 0.370 e. The number of benzene rings is 2. The number of nitrogens with zero attached hydrogens (tertiary/aromatic N) is 2. The molecule has 3 N–H and O–H groups in total. The predicted octanol–water partition coefficient (Wildman–Crippen LogP) is 2.66. The molecule has 2 aromatic carbocycles. The molecule has 0 spiro atoms. The number of nitrogens with one attached hydrogen (secondary N) is 3. The van der Waals surface area contributed by atoms with Crippen LogP contribution in [0.2, 0.25) is 5.02 Å². The van der Waals surface area contributed by atoms with E-state index in [2.05, 4.69) is 32.9 Å². The summed E-state index contributed by atoms with van der Waals surface area (Å²) in [6.45, 7) is 7.60. The van der Waals surface area contributed by atoms with Gasteiger partial charge in [0.25, 0.3) is 0 Å². The molecule has 33 heavy (non-hydrogen) atoms. The highest BCUT2D eigenvalue weighted by molar-refractivity contribution is 6.31. The monoisotopic (exact) mass is 461 g/mol. The number of hydrogen-bond acceptors (Lipinski definition) is 3. The Balaban J connectivity index is 1.64. The lowest BCUT2D eigenvalue weighted by atomic mass is 9.97. The van der Waals surface area contributed by atoms with Crippen molar-refractivity contribution in [2.75, 3.05) is 44.7 Å². The molecule has 4 aromatic rings. The summed E-state index contributed by atoms with van der Waals surface area (Å²) in [6.07, 6.45) is 0.648. The van der Waals surface area contributed by atoms with Crippen LogP contribution in [0.15, 0.2) is 48.5 Å². The summed E-state index contributed by atoms with van der Waals surface area (Å²) >= 11 is 6.54. The Morgan fingerprint density at radius 2 is 1.91 bits per heavy atom. The van der Waals surface area contributed by atoms with Crippen molar-refractivity contribution in [1.82, 2.24) is 4.98 Å². The zero-order valence-electron chi connectivity index (χ0n) is 18.7. The summed E-state index contributed by atoms with van der Waals surface area (Å²) in [6, 6.07) is 18.6. The van der Waals surface area contributed by atoms with Gasteiger partial charge >= 0.3 is 0 Å². The van der Waals surface area contributed by atoms with Crippen molar-refractivity contribution in [3.05, 3.63) is 75.8 Å². The number of quaternary nitrogens is 1. The summed E-state index contributed by atoms with van der Waals surface area (Å²) in [5.74, 6) is 1.02. The van der Waals surface area contributed by atoms with Gasteiger partial charge in [0.15, 0.2) is 0 Å². The summed E-state index contributed by atoms with van der Waals surface area (Å²) in [5, 5.41) is 14.6. The van der Waals surface area contributed by atoms with Crippen molar-refractivity contribution >= 4 is 34.1 Å². The standard InChI is InChI=1S/C26H26ClN5O/c1-18-20(16-19-6-2-3-7-22(19)27)25(29-10-11-31-12-14-33-15-13-31)32-24-9-5-4-8-23(24)30-26(32)21(18)17-28/h2-9H,10-16H2,1H3,(H,29,30)/p+2. The number of para-hydroxylation sites is 2. The summed E-state index contributed by atoms with van der Waals surface area (Å²) < 4.78 is 7.67. The summed E-state index contributed by atoms with van der Waals surface area (Å²) in [7, 11) is 0. The first kappa shape index (κ1) is 21.7. The number of nitriles is 1. The Morgan fingerprint density at radius 1 is 1.15 bits per heavy atom. The van der Waals surface area contributed by atoms with Crippen LogP contribution in [0.5, 0.6) is 0 Å². The zero-order valence-corrected chi connectivity index (χ0v) is 19.5. The fourth-order valence-electron chi connectivity index (χ4n) is 4.76. The molecule has 168 valence electrons. The second-order valence-corrected chi connectivity index (χ2v) is 8.98. The number of halogens is 1. The maximum absolute atomic E-state index is 10.1. The molecule has 0 saturated carbocycles. The highest BCUT2D eigenvalue weighted by Crippen LogP contribution is 2.29. The molecular formula is C26H28ClN5O+2. The number of morpholine rings is 1. The van der Waals surface area contributed by atoms with E-state index in [9.17, 15) is 5.26 Å². The van der Waals surface area contributed by atoms with E-state index in [1.807, 2.05) is 43.3 Å². The summed E-state index contributed by atoms with van der Waals surface area (Å²) in [5.41, 5.74) is 6.66. The Morgan fingerprint density at radius 3 is 2.70 bits per heavy atom. The molecule has 0 radical (unpaired) electrons. The molecule has 3 heterocycles. The van der Waals surface area contributed by atoms with Gasteiger partial charge in [-0.2, -0.15) is 9.66 Å². The molecule has 0 unspecified atom stereocenters. The Labute approximate surface area is 198 Å². The third-order valence-corrected chi connectivity index (χ3v) is 6.97. The van der Waals surface area contributed by atoms with Gasteiger partial charge in [0.2, 0.25) is 11.5 Å². The maximum Gasteiger partial charge on any atom is 0.250 e. The zero-order chi connectivity index (χ0) is 22.8. The van der Waals surface area contributed by atoms with Gasteiger partial charge in [0.05, 0.1) is 13.2 Å². The van der Waals surface area contributed by atoms with Crippen LogP contribution in [0, 0.1) is 18.3 Å². The van der Waals surface area contributed by atoms with Crippen molar-refractivity contribution in [1.29, 1.82) is 5.26 Å². The van der Waals surface area contributed by atoms with Crippen molar-refractivity contribution in [2.45, 2.75) is 13.3 Å². The quantitative estimate of drug-likeness (QED) is 0.387. The topological polar surface area (TPSA) is 69.4 Å². The maximum atomic E-state index is 10.1. The number of aromatic amines is 1. The average molecular weight is 462 g/mol. The fraction of sp³-hybridized carbons (Fsp3) is 0.308. The number of aromatic nitrogens is 2. The minimum atomic E-state index is 0.648. The smallest absolute Gasteiger partial charge is 0.250 e. The first-order valence-corrected chi connectivity index (χ1v) is 11.8. The van der Waals surface area contributed by atoms with Gasteiger partial charge < -0.3 is 9.64 Å². The number of ether oxygens (including phenoxy) is 1. The molecule has 1 aliphatic heterocycles. The van der Waals surface area contributed by atoms with E-state index in [0.717, 1.165) is 83.6 Å². The highest BCUT2D eigenvalue weighted by Gasteiger charge is 2.26.